The summed E-state index contributed by atoms with van der Waals surface area (Å²) in [6.45, 7) is 8.05. The molecule has 0 radical (unpaired) electrons. The van der Waals surface area contributed by atoms with Crippen molar-refractivity contribution in [1.82, 2.24) is 10.6 Å². The van der Waals surface area contributed by atoms with E-state index in [1.54, 1.807) is 6.92 Å². The summed E-state index contributed by atoms with van der Waals surface area (Å²) in [4.78, 5) is 12.1. The molecule has 2 N–H and O–H groups in total. The lowest BCUT2D eigenvalue weighted by Crippen LogP contribution is -2.46. The predicted octanol–water partition coefficient (Wildman–Crippen LogP) is 2.45. The van der Waals surface area contributed by atoms with Crippen LogP contribution >= 0.6 is 0 Å². The number of ether oxygens (including phenoxy) is 1. The van der Waals surface area contributed by atoms with Crippen LogP contribution in [0, 0.1) is 0 Å². The Hall–Kier alpha value is -1.55. The molecule has 21 heavy (non-hydrogen) atoms. The molecular weight excluding hydrogens is 264 g/mol. The smallest absolute Gasteiger partial charge is 0.260 e. The van der Waals surface area contributed by atoms with Gasteiger partial charge in [-0.15, -0.1) is 0 Å². The molecule has 116 valence electrons. The van der Waals surface area contributed by atoms with E-state index >= 15 is 0 Å². The maximum atomic E-state index is 12.1. The lowest BCUT2D eigenvalue weighted by atomic mass is 10.0. The van der Waals surface area contributed by atoms with Crippen molar-refractivity contribution in [3.8, 4) is 5.75 Å². The van der Waals surface area contributed by atoms with Crippen molar-refractivity contribution >= 4 is 5.91 Å². The molecule has 0 saturated carbocycles. The van der Waals surface area contributed by atoms with E-state index in [9.17, 15) is 4.79 Å². The maximum absolute atomic E-state index is 12.1. The van der Waals surface area contributed by atoms with E-state index < -0.39 is 6.10 Å². The fourth-order valence-corrected chi connectivity index (χ4v) is 2.47. The van der Waals surface area contributed by atoms with Gasteiger partial charge in [0.25, 0.3) is 5.91 Å². The van der Waals surface area contributed by atoms with Crippen LogP contribution in [0.2, 0.25) is 0 Å². The highest BCUT2D eigenvalue weighted by Crippen LogP contribution is 2.19. The van der Waals surface area contributed by atoms with Gasteiger partial charge in [0.05, 0.1) is 0 Å². The quantitative estimate of drug-likeness (QED) is 0.876. The van der Waals surface area contributed by atoms with E-state index in [1.807, 2.05) is 12.1 Å². The van der Waals surface area contributed by atoms with E-state index in [0.29, 0.717) is 5.92 Å². The number of nitrogens with one attached hydrogen (secondary N) is 2. The first-order chi connectivity index (χ1) is 10.1. The Kier molecular flexibility index (Phi) is 5.62. The highest BCUT2D eigenvalue weighted by atomic mass is 16.5. The van der Waals surface area contributed by atoms with Gasteiger partial charge in [0.2, 0.25) is 0 Å². The van der Waals surface area contributed by atoms with E-state index in [4.69, 9.17) is 4.74 Å². The Bertz CT molecular complexity index is 450. The Balaban J connectivity index is 1.84. The molecule has 1 unspecified atom stereocenters. The van der Waals surface area contributed by atoms with Gasteiger partial charge < -0.3 is 15.4 Å². The lowest BCUT2D eigenvalue weighted by Gasteiger charge is -2.25. The van der Waals surface area contributed by atoms with Gasteiger partial charge in [0.15, 0.2) is 6.10 Å². The lowest BCUT2D eigenvalue weighted by molar-refractivity contribution is -0.128. The van der Waals surface area contributed by atoms with Crippen LogP contribution in [0.5, 0.6) is 5.75 Å². The molecule has 0 spiro atoms. The summed E-state index contributed by atoms with van der Waals surface area (Å²) in [5.74, 6) is 1.21. The summed E-state index contributed by atoms with van der Waals surface area (Å²) < 4.78 is 5.72. The van der Waals surface area contributed by atoms with Gasteiger partial charge >= 0.3 is 0 Å². The van der Waals surface area contributed by atoms with Gasteiger partial charge in [-0.25, -0.2) is 0 Å². The van der Waals surface area contributed by atoms with E-state index in [-0.39, 0.29) is 11.9 Å². The number of hydrogen-bond acceptors (Lipinski definition) is 3. The number of hydrogen-bond donors (Lipinski definition) is 2. The molecule has 1 fully saturated rings. The van der Waals surface area contributed by atoms with Crippen molar-refractivity contribution < 1.29 is 9.53 Å². The SMILES string of the molecule is CC(Oc1ccc(C(C)C)cc1)C(=O)NC1CCNCC1. The minimum atomic E-state index is -0.468. The largest absolute Gasteiger partial charge is 0.481 e. The third kappa shape index (κ3) is 4.74. The summed E-state index contributed by atoms with van der Waals surface area (Å²) >= 11 is 0. The van der Waals surface area contributed by atoms with Crippen molar-refractivity contribution in [3.63, 3.8) is 0 Å². The molecule has 0 aliphatic carbocycles. The first-order valence-corrected chi connectivity index (χ1v) is 7.84. The van der Waals surface area contributed by atoms with Crippen LogP contribution in [0.4, 0.5) is 0 Å². The highest BCUT2D eigenvalue weighted by Gasteiger charge is 2.20. The molecule has 1 atom stereocenters. The second-order valence-electron chi connectivity index (χ2n) is 6.02. The molecular formula is C17H26N2O2. The van der Waals surface area contributed by atoms with Crippen molar-refractivity contribution in [2.45, 2.75) is 51.7 Å². The Morgan fingerprint density at radius 3 is 2.38 bits per heavy atom. The molecule has 0 bridgehead atoms. The zero-order valence-electron chi connectivity index (χ0n) is 13.2. The third-order valence-corrected chi connectivity index (χ3v) is 3.91. The summed E-state index contributed by atoms with van der Waals surface area (Å²) in [6, 6.07) is 8.25. The molecule has 1 saturated heterocycles. The van der Waals surface area contributed by atoms with Crippen LogP contribution in [0.3, 0.4) is 0 Å². The van der Waals surface area contributed by atoms with Crippen LogP contribution in [-0.2, 0) is 4.79 Å². The average Bonchev–Trinajstić information content (AvgIpc) is 2.48. The average molecular weight is 290 g/mol. The van der Waals surface area contributed by atoms with Crippen molar-refractivity contribution in [1.29, 1.82) is 0 Å². The molecule has 1 aromatic rings. The Labute approximate surface area is 127 Å². The highest BCUT2D eigenvalue weighted by molar-refractivity contribution is 5.81. The predicted molar refractivity (Wildman–Crippen MR) is 84.7 cm³/mol. The molecule has 4 nitrogen and oxygen atoms in total. The maximum Gasteiger partial charge on any atom is 0.260 e. The first-order valence-electron chi connectivity index (χ1n) is 7.84. The molecule has 0 aromatic heterocycles. The zero-order valence-corrected chi connectivity index (χ0v) is 13.2. The zero-order chi connectivity index (χ0) is 15.2. The van der Waals surface area contributed by atoms with Gasteiger partial charge in [0.1, 0.15) is 5.75 Å². The first kappa shape index (κ1) is 15.8. The Morgan fingerprint density at radius 2 is 1.81 bits per heavy atom. The number of carbonyl (C=O) groups is 1. The van der Waals surface area contributed by atoms with E-state index in [2.05, 4.69) is 36.6 Å². The van der Waals surface area contributed by atoms with Gasteiger partial charge in [-0.1, -0.05) is 26.0 Å². The van der Waals surface area contributed by atoms with Crippen LogP contribution in [0.1, 0.15) is 45.1 Å². The molecule has 1 aromatic carbocycles. The molecule has 4 heteroatoms. The van der Waals surface area contributed by atoms with Crippen LogP contribution in [0.15, 0.2) is 24.3 Å². The minimum Gasteiger partial charge on any atom is -0.481 e. The molecule has 1 amide bonds. The number of rotatable bonds is 5. The molecule has 1 aliphatic rings. The van der Waals surface area contributed by atoms with E-state index in [0.717, 1.165) is 31.7 Å². The van der Waals surface area contributed by atoms with Crippen LogP contribution < -0.4 is 15.4 Å². The van der Waals surface area contributed by atoms with Crippen molar-refractivity contribution in [2.75, 3.05) is 13.1 Å². The van der Waals surface area contributed by atoms with Gasteiger partial charge in [-0.05, 0) is 56.5 Å². The second-order valence-corrected chi connectivity index (χ2v) is 6.02. The fraction of sp³-hybridized carbons (Fsp3) is 0.588. The third-order valence-electron chi connectivity index (χ3n) is 3.91. The van der Waals surface area contributed by atoms with Crippen LogP contribution in [-0.4, -0.2) is 31.1 Å². The standard InChI is InChI=1S/C17H26N2O2/c1-12(2)14-4-6-16(7-5-14)21-13(3)17(20)19-15-8-10-18-11-9-15/h4-7,12-13,15,18H,8-11H2,1-3H3,(H,19,20). The fourth-order valence-electron chi connectivity index (χ4n) is 2.47. The number of piperidine rings is 1. The number of amides is 1. The minimum absolute atomic E-state index is 0.0326. The number of benzene rings is 1. The van der Waals surface area contributed by atoms with Gasteiger partial charge in [0, 0.05) is 6.04 Å². The van der Waals surface area contributed by atoms with Gasteiger partial charge in [-0.2, -0.15) is 0 Å². The molecule has 1 aliphatic heterocycles. The normalized spacial score (nSPS) is 17.5. The molecule has 1 heterocycles. The van der Waals surface area contributed by atoms with Crippen molar-refractivity contribution in [3.05, 3.63) is 29.8 Å². The number of carbonyl (C=O) groups excluding carboxylic acids is 1. The van der Waals surface area contributed by atoms with E-state index in [1.165, 1.54) is 5.56 Å². The Morgan fingerprint density at radius 1 is 1.19 bits per heavy atom. The van der Waals surface area contributed by atoms with Gasteiger partial charge in [-0.3, -0.25) is 4.79 Å². The summed E-state index contributed by atoms with van der Waals surface area (Å²) in [5, 5.41) is 6.35. The second kappa shape index (κ2) is 7.46. The van der Waals surface area contributed by atoms with Crippen molar-refractivity contribution in [2.24, 2.45) is 0 Å². The summed E-state index contributed by atoms with van der Waals surface area (Å²) in [7, 11) is 0. The van der Waals surface area contributed by atoms with Crippen LogP contribution in [0.25, 0.3) is 0 Å². The summed E-state index contributed by atoms with van der Waals surface area (Å²) in [5.41, 5.74) is 1.27. The summed E-state index contributed by atoms with van der Waals surface area (Å²) in [6.07, 6.45) is 1.51. The monoisotopic (exact) mass is 290 g/mol. The molecule has 2 rings (SSSR count). The topological polar surface area (TPSA) is 50.4 Å².